The monoisotopic (exact) mass is 257 g/mol. The molecule has 1 N–H and O–H groups in total. The van der Waals surface area contributed by atoms with Crippen LogP contribution < -0.4 is 4.90 Å². The average Bonchev–Trinajstić information content (AvgIpc) is 2.66. The second-order valence-electron chi connectivity index (χ2n) is 4.11. The van der Waals surface area contributed by atoms with Gasteiger partial charge in [-0.25, -0.2) is 0 Å². The van der Waals surface area contributed by atoms with Gasteiger partial charge in [-0.05, 0) is 16.8 Å². The molecule has 1 aliphatic heterocycles. The Bertz CT molecular complexity index is 666. The first-order chi connectivity index (χ1) is 8.66. The third-order valence-corrected chi connectivity index (χ3v) is 4.05. The van der Waals surface area contributed by atoms with Gasteiger partial charge < -0.3 is 10.0 Å². The van der Waals surface area contributed by atoms with E-state index >= 15 is 0 Å². The van der Waals surface area contributed by atoms with Crippen LogP contribution in [0.15, 0.2) is 52.9 Å². The number of carboxylic acid groups (broad SMARTS) is 1. The number of thioether (sulfide) groups is 1. The first kappa shape index (κ1) is 11.2. The third kappa shape index (κ3) is 1.66. The van der Waals surface area contributed by atoms with E-state index in [1.165, 1.54) is 11.8 Å². The maximum absolute atomic E-state index is 10.9. The van der Waals surface area contributed by atoms with Gasteiger partial charge in [-0.2, -0.15) is 0 Å². The van der Waals surface area contributed by atoms with E-state index in [9.17, 15) is 4.79 Å². The summed E-state index contributed by atoms with van der Waals surface area (Å²) in [7, 11) is 0. The van der Waals surface area contributed by atoms with Crippen molar-refractivity contribution in [3.05, 3.63) is 48.0 Å². The highest BCUT2D eigenvalue weighted by atomic mass is 32.2. The quantitative estimate of drug-likeness (QED) is 0.896. The molecule has 0 aromatic heterocycles. The van der Waals surface area contributed by atoms with E-state index in [0.29, 0.717) is 0 Å². The van der Waals surface area contributed by atoms with Gasteiger partial charge in [0.25, 0.3) is 0 Å². The predicted molar refractivity (Wildman–Crippen MR) is 73.9 cm³/mol. The summed E-state index contributed by atoms with van der Waals surface area (Å²) in [6.07, 6.45) is 0. The van der Waals surface area contributed by atoms with Crippen LogP contribution in [-0.4, -0.2) is 17.6 Å². The Hall–Kier alpha value is -1.94. The van der Waals surface area contributed by atoms with E-state index in [4.69, 9.17) is 5.11 Å². The molecule has 0 spiro atoms. The molecule has 0 saturated heterocycles. The van der Waals surface area contributed by atoms with Gasteiger partial charge in [0.15, 0.2) is 0 Å². The zero-order chi connectivity index (χ0) is 12.7. The van der Waals surface area contributed by atoms with Crippen LogP contribution in [0.1, 0.15) is 0 Å². The number of carboxylic acids is 1. The molecule has 4 heteroatoms. The average molecular weight is 257 g/mol. The van der Waals surface area contributed by atoms with Crippen molar-refractivity contribution < 1.29 is 9.90 Å². The fourth-order valence-electron chi connectivity index (χ4n) is 2.17. The lowest BCUT2D eigenvalue weighted by atomic mass is 10.1. The molecule has 0 fully saturated rings. The molecule has 0 amide bonds. The van der Waals surface area contributed by atoms with E-state index in [0.717, 1.165) is 26.4 Å². The molecule has 3 nitrogen and oxygen atoms in total. The van der Waals surface area contributed by atoms with Crippen molar-refractivity contribution in [3.63, 3.8) is 0 Å². The van der Waals surface area contributed by atoms with Crippen LogP contribution in [0.2, 0.25) is 0 Å². The lowest BCUT2D eigenvalue weighted by Gasteiger charge is -2.16. The predicted octanol–water partition coefficient (Wildman–Crippen LogP) is 3.31. The largest absolute Gasteiger partial charge is 0.480 e. The molecule has 2 aromatic rings. The maximum atomic E-state index is 10.9. The standard InChI is InChI=1S/C14H11NO2S/c1-9-15(8-13(16)17)12-7-6-10-4-2-3-5-11(10)14(12)18-9/h2-7H,1,8H2,(H,16,17). The molecular weight excluding hydrogens is 246 g/mol. The van der Waals surface area contributed by atoms with Gasteiger partial charge in [0.2, 0.25) is 0 Å². The molecular formula is C14H11NO2S. The molecule has 0 radical (unpaired) electrons. The summed E-state index contributed by atoms with van der Waals surface area (Å²) in [4.78, 5) is 13.7. The minimum atomic E-state index is -0.849. The summed E-state index contributed by atoms with van der Waals surface area (Å²) in [5.74, 6) is -0.849. The van der Waals surface area contributed by atoms with Gasteiger partial charge in [0, 0.05) is 4.90 Å². The summed E-state index contributed by atoms with van der Waals surface area (Å²) in [6.45, 7) is 3.89. The summed E-state index contributed by atoms with van der Waals surface area (Å²) >= 11 is 1.54. The number of rotatable bonds is 2. The Balaban J connectivity index is 2.17. The molecule has 0 unspecified atom stereocenters. The van der Waals surface area contributed by atoms with Gasteiger partial charge in [0.05, 0.1) is 10.7 Å². The number of benzene rings is 2. The fraction of sp³-hybridized carbons (Fsp3) is 0.0714. The van der Waals surface area contributed by atoms with Crippen molar-refractivity contribution in [2.24, 2.45) is 0 Å². The van der Waals surface area contributed by atoms with Gasteiger partial charge in [-0.15, -0.1) is 0 Å². The Morgan fingerprint density at radius 1 is 1.28 bits per heavy atom. The number of fused-ring (bicyclic) bond motifs is 3. The van der Waals surface area contributed by atoms with Crippen molar-refractivity contribution >= 4 is 34.2 Å². The molecule has 90 valence electrons. The van der Waals surface area contributed by atoms with E-state index in [1.54, 1.807) is 4.90 Å². The van der Waals surface area contributed by atoms with Crippen LogP contribution in [0.4, 0.5) is 5.69 Å². The topological polar surface area (TPSA) is 40.5 Å². The van der Waals surface area contributed by atoms with Gasteiger partial charge in [-0.1, -0.05) is 48.7 Å². The number of carbonyl (C=O) groups is 1. The number of nitrogens with zero attached hydrogens (tertiary/aromatic N) is 1. The van der Waals surface area contributed by atoms with Crippen LogP contribution in [0.25, 0.3) is 10.8 Å². The van der Waals surface area contributed by atoms with Crippen molar-refractivity contribution in [1.29, 1.82) is 0 Å². The second kappa shape index (κ2) is 4.07. The highest BCUT2D eigenvalue weighted by Crippen LogP contribution is 2.48. The van der Waals surface area contributed by atoms with Gasteiger partial charge in [-0.3, -0.25) is 4.79 Å². The van der Waals surface area contributed by atoms with E-state index in [2.05, 4.69) is 18.7 Å². The minimum Gasteiger partial charge on any atom is -0.480 e. The van der Waals surface area contributed by atoms with Gasteiger partial charge in [0.1, 0.15) is 6.54 Å². The number of hydrogen-bond acceptors (Lipinski definition) is 3. The molecule has 1 heterocycles. The molecule has 1 aliphatic rings. The summed E-state index contributed by atoms with van der Waals surface area (Å²) < 4.78 is 0. The lowest BCUT2D eigenvalue weighted by molar-refractivity contribution is -0.135. The molecule has 18 heavy (non-hydrogen) atoms. The first-order valence-electron chi connectivity index (χ1n) is 5.54. The van der Waals surface area contributed by atoms with Crippen LogP contribution in [0.3, 0.4) is 0 Å². The van der Waals surface area contributed by atoms with Crippen molar-refractivity contribution in [1.82, 2.24) is 0 Å². The molecule has 0 atom stereocenters. The highest BCUT2D eigenvalue weighted by Gasteiger charge is 2.26. The van der Waals surface area contributed by atoms with Crippen LogP contribution in [0.5, 0.6) is 0 Å². The maximum Gasteiger partial charge on any atom is 0.323 e. The molecule has 0 saturated carbocycles. The molecule has 0 aliphatic carbocycles. The Kier molecular flexibility index (Phi) is 2.52. The Labute approximate surface area is 109 Å². The number of anilines is 1. The zero-order valence-electron chi connectivity index (χ0n) is 9.59. The smallest absolute Gasteiger partial charge is 0.323 e. The van der Waals surface area contributed by atoms with Gasteiger partial charge >= 0.3 is 5.97 Å². The first-order valence-corrected chi connectivity index (χ1v) is 6.36. The van der Waals surface area contributed by atoms with Crippen LogP contribution >= 0.6 is 11.8 Å². The lowest BCUT2D eigenvalue weighted by Crippen LogP contribution is -2.24. The van der Waals surface area contributed by atoms with Crippen molar-refractivity contribution in [3.8, 4) is 0 Å². The zero-order valence-corrected chi connectivity index (χ0v) is 10.4. The summed E-state index contributed by atoms with van der Waals surface area (Å²) in [5.41, 5.74) is 0.936. The SMILES string of the molecule is C=C1Sc2c(ccc3ccccc23)N1CC(=O)O. The second-order valence-corrected chi connectivity index (χ2v) is 5.19. The summed E-state index contributed by atoms with van der Waals surface area (Å²) in [5, 5.41) is 12.0. The number of aliphatic carboxylic acids is 1. The highest BCUT2D eigenvalue weighted by molar-refractivity contribution is 8.04. The van der Waals surface area contributed by atoms with E-state index in [-0.39, 0.29) is 6.54 Å². The van der Waals surface area contributed by atoms with Crippen molar-refractivity contribution in [2.45, 2.75) is 4.90 Å². The third-order valence-electron chi connectivity index (χ3n) is 2.96. The van der Waals surface area contributed by atoms with Crippen LogP contribution in [-0.2, 0) is 4.79 Å². The Morgan fingerprint density at radius 3 is 2.83 bits per heavy atom. The molecule has 0 bridgehead atoms. The van der Waals surface area contributed by atoms with E-state index < -0.39 is 5.97 Å². The minimum absolute atomic E-state index is 0.0445. The molecule has 3 rings (SSSR count). The van der Waals surface area contributed by atoms with Crippen LogP contribution in [0, 0.1) is 0 Å². The van der Waals surface area contributed by atoms with E-state index in [1.807, 2.05) is 24.3 Å². The van der Waals surface area contributed by atoms with Crippen molar-refractivity contribution in [2.75, 3.05) is 11.4 Å². The fourth-order valence-corrected chi connectivity index (χ4v) is 3.25. The number of hydrogen-bond donors (Lipinski definition) is 1. The normalized spacial score (nSPS) is 14.0. The summed E-state index contributed by atoms with van der Waals surface area (Å²) in [6, 6.07) is 12.1. The Morgan fingerprint density at radius 2 is 2.06 bits per heavy atom. The molecule has 2 aromatic carbocycles.